The quantitative estimate of drug-likeness (QED) is 0.579. The molecule has 0 aliphatic heterocycles. The van der Waals surface area contributed by atoms with E-state index in [1.54, 1.807) is 0 Å². The number of rotatable bonds is 10. The normalized spacial score (nSPS) is 19.9. The van der Waals surface area contributed by atoms with Crippen molar-refractivity contribution in [2.75, 3.05) is 26.9 Å². The summed E-state index contributed by atoms with van der Waals surface area (Å²) in [5.41, 5.74) is -0.119. The summed E-state index contributed by atoms with van der Waals surface area (Å²) in [6.45, 7) is 4.07. The maximum Gasteiger partial charge on any atom is 0.0610 e. The van der Waals surface area contributed by atoms with Gasteiger partial charge in [-0.2, -0.15) is 0 Å². The molecule has 0 aromatic rings. The zero-order chi connectivity index (χ0) is 12.6. The third-order valence-corrected chi connectivity index (χ3v) is 4.11. The summed E-state index contributed by atoms with van der Waals surface area (Å²) in [5.74, 6) is 0.956. The lowest BCUT2D eigenvalue weighted by molar-refractivity contribution is 0.0998. The fourth-order valence-electron chi connectivity index (χ4n) is 2.14. The molecule has 3 heteroatoms. The van der Waals surface area contributed by atoms with Crippen molar-refractivity contribution in [1.29, 1.82) is 0 Å². The lowest BCUT2D eigenvalue weighted by Gasteiger charge is -2.26. The Morgan fingerprint density at radius 3 is 2.59 bits per heavy atom. The van der Waals surface area contributed by atoms with E-state index in [0.717, 1.165) is 38.4 Å². The SMILES string of the molecule is CNC(C)(CO)CCCCOCCC1CCC1. The van der Waals surface area contributed by atoms with Gasteiger partial charge in [0.15, 0.2) is 0 Å². The molecular formula is C14H29NO2. The Hall–Kier alpha value is -0.120. The van der Waals surface area contributed by atoms with Gasteiger partial charge in [0.05, 0.1) is 6.61 Å². The summed E-state index contributed by atoms with van der Waals surface area (Å²) in [4.78, 5) is 0. The van der Waals surface area contributed by atoms with E-state index in [9.17, 15) is 5.11 Å². The van der Waals surface area contributed by atoms with Crippen LogP contribution in [0.4, 0.5) is 0 Å². The standard InChI is InChI=1S/C14H29NO2/c1-14(12-16,15-2)9-3-4-10-17-11-8-13-6-5-7-13/h13,15-16H,3-12H2,1-2H3. The van der Waals surface area contributed by atoms with E-state index in [1.165, 1.54) is 25.7 Å². The number of likely N-dealkylation sites (N-methyl/N-ethyl adjacent to an activating group) is 1. The summed E-state index contributed by atoms with van der Waals surface area (Å²) in [5, 5.41) is 12.4. The highest BCUT2D eigenvalue weighted by molar-refractivity contribution is 4.79. The van der Waals surface area contributed by atoms with Crippen LogP contribution in [-0.4, -0.2) is 37.5 Å². The molecule has 1 rings (SSSR count). The highest BCUT2D eigenvalue weighted by Crippen LogP contribution is 2.29. The molecule has 0 aromatic carbocycles. The smallest absolute Gasteiger partial charge is 0.0610 e. The van der Waals surface area contributed by atoms with Crippen LogP contribution >= 0.6 is 0 Å². The Bertz CT molecular complexity index is 189. The molecule has 1 aliphatic carbocycles. The first kappa shape index (κ1) is 14.9. The number of nitrogens with one attached hydrogen (secondary N) is 1. The van der Waals surface area contributed by atoms with Gasteiger partial charge in [0.1, 0.15) is 0 Å². The van der Waals surface area contributed by atoms with Crippen LogP contribution in [0.2, 0.25) is 0 Å². The van der Waals surface area contributed by atoms with E-state index in [0.29, 0.717) is 0 Å². The lowest BCUT2D eigenvalue weighted by atomic mass is 9.83. The molecule has 3 nitrogen and oxygen atoms in total. The Balaban J connectivity index is 1.86. The first-order valence-electron chi connectivity index (χ1n) is 7.08. The van der Waals surface area contributed by atoms with E-state index >= 15 is 0 Å². The van der Waals surface area contributed by atoms with Gasteiger partial charge in [-0.05, 0) is 45.6 Å². The Kier molecular flexibility index (Phi) is 7.09. The largest absolute Gasteiger partial charge is 0.394 e. The summed E-state index contributed by atoms with van der Waals surface area (Å²) >= 11 is 0. The van der Waals surface area contributed by atoms with E-state index in [-0.39, 0.29) is 12.1 Å². The van der Waals surface area contributed by atoms with Gasteiger partial charge in [0, 0.05) is 18.8 Å². The molecule has 0 saturated heterocycles. The molecule has 0 bridgehead atoms. The Morgan fingerprint density at radius 1 is 1.29 bits per heavy atom. The monoisotopic (exact) mass is 243 g/mol. The number of hydrogen-bond acceptors (Lipinski definition) is 3. The van der Waals surface area contributed by atoms with Crippen molar-refractivity contribution in [2.24, 2.45) is 5.92 Å². The van der Waals surface area contributed by atoms with Gasteiger partial charge in [0.2, 0.25) is 0 Å². The van der Waals surface area contributed by atoms with Crippen LogP contribution in [-0.2, 0) is 4.74 Å². The predicted octanol–water partition coefficient (Wildman–Crippen LogP) is 2.33. The molecule has 1 atom stereocenters. The molecule has 2 N–H and O–H groups in total. The molecule has 0 amide bonds. The second-order valence-electron chi connectivity index (χ2n) is 5.62. The summed E-state index contributed by atoms with van der Waals surface area (Å²) in [6.07, 6.45) is 8.73. The van der Waals surface area contributed by atoms with Crippen molar-refractivity contribution < 1.29 is 9.84 Å². The van der Waals surface area contributed by atoms with Gasteiger partial charge in [-0.15, -0.1) is 0 Å². The van der Waals surface area contributed by atoms with E-state index in [4.69, 9.17) is 4.74 Å². The van der Waals surface area contributed by atoms with Gasteiger partial charge in [-0.1, -0.05) is 19.3 Å². The van der Waals surface area contributed by atoms with Crippen LogP contribution in [0.5, 0.6) is 0 Å². The van der Waals surface area contributed by atoms with Crippen molar-refractivity contribution in [2.45, 2.75) is 57.4 Å². The molecule has 1 unspecified atom stereocenters. The zero-order valence-electron chi connectivity index (χ0n) is 11.5. The lowest BCUT2D eigenvalue weighted by Crippen LogP contribution is -2.43. The van der Waals surface area contributed by atoms with Gasteiger partial charge in [-0.3, -0.25) is 0 Å². The van der Waals surface area contributed by atoms with Crippen molar-refractivity contribution in [3.63, 3.8) is 0 Å². The number of aliphatic hydroxyl groups excluding tert-OH is 1. The molecule has 0 spiro atoms. The first-order chi connectivity index (χ1) is 8.20. The van der Waals surface area contributed by atoms with Crippen LogP contribution < -0.4 is 5.32 Å². The Morgan fingerprint density at radius 2 is 2.06 bits per heavy atom. The van der Waals surface area contributed by atoms with Crippen LogP contribution in [0, 0.1) is 5.92 Å². The molecule has 0 aromatic heterocycles. The van der Waals surface area contributed by atoms with Crippen molar-refractivity contribution in [1.82, 2.24) is 5.32 Å². The molecule has 1 saturated carbocycles. The number of unbranched alkanes of at least 4 members (excludes halogenated alkanes) is 1. The van der Waals surface area contributed by atoms with E-state index in [1.807, 2.05) is 7.05 Å². The number of ether oxygens (including phenoxy) is 1. The molecule has 1 aliphatic rings. The molecular weight excluding hydrogens is 214 g/mol. The maximum atomic E-state index is 9.23. The van der Waals surface area contributed by atoms with Crippen LogP contribution in [0.3, 0.4) is 0 Å². The number of aliphatic hydroxyl groups is 1. The minimum absolute atomic E-state index is 0.119. The van der Waals surface area contributed by atoms with Crippen molar-refractivity contribution in [3.8, 4) is 0 Å². The molecule has 0 radical (unpaired) electrons. The summed E-state index contributed by atoms with van der Waals surface area (Å²) in [6, 6.07) is 0. The van der Waals surface area contributed by atoms with Crippen LogP contribution in [0.15, 0.2) is 0 Å². The second-order valence-corrected chi connectivity index (χ2v) is 5.62. The third kappa shape index (κ3) is 5.84. The fraction of sp³-hybridized carbons (Fsp3) is 1.00. The third-order valence-electron chi connectivity index (χ3n) is 4.11. The maximum absolute atomic E-state index is 9.23. The van der Waals surface area contributed by atoms with Crippen LogP contribution in [0.25, 0.3) is 0 Å². The fourth-order valence-corrected chi connectivity index (χ4v) is 2.14. The molecule has 1 fully saturated rings. The minimum Gasteiger partial charge on any atom is -0.394 e. The molecule has 0 heterocycles. The van der Waals surface area contributed by atoms with Gasteiger partial charge < -0.3 is 15.2 Å². The predicted molar refractivity (Wildman–Crippen MR) is 71.2 cm³/mol. The van der Waals surface area contributed by atoms with Crippen LogP contribution in [0.1, 0.15) is 51.9 Å². The van der Waals surface area contributed by atoms with Gasteiger partial charge >= 0.3 is 0 Å². The van der Waals surface area contributed by atoms with Crippen molar-refractivity contribution in [3.05, 3.63) is 0 Å². The number of hydrogen-bond donors (Lipinski definition) is 2. The van der Waals surface area contributed by atoms with Crippen molar-refractivity contribution >= 4 is 0 Å². The van der Waals surface area contributed by atoms with Gasteiger partial charge in [-0.25, -0.2) is 0 Å². The average Bonchev–Trinajstić information content (AvgIpc) is 2.30. The summed E-state index contributed by atoms with van der Waals surface area (Å²) < 4.78 is 5.64. The Labute approximate surface area is 106 Å². The molecule has 102 valence electrons. The first-order valence-corrected chi connectivity index (χ1v) is 7.08. The van der Waals surface area contributed by atoms with Gasteiger partial charge in [0.25, 0.3) is 0 Å². The second kappa shape index (κ2) is 8.06. The highest BCUT2D eigenvalue weighted by Gasteiger charge is 2.19. The molecule has 17 heavy (non-hydrogen) atoms. The van der Waals surface area contributed by atoms with E-state index in [2.05, 4.69) is 12.2 Å². The van der Waals surface area contributed by atoms with E-state index < -0.39 is 0 Å². The highest BCUT2D eigenvalue weighted by atomic mass is 16.5. The summed E-state index contributed by atoms with van der Waals surface area (Å²) in [7, 11) is 1.91. The zero-order valence-corrected chi connectivity index (χ0v) is 11.5. The topological polar surface area (TPSA) is 41.5 Å². The average molecular weight is 243 g/mol. The minimum atomic E-state index is -0.119.